The summed E-state index contributed by atoms with van der Waals surface area (Å²) < 4.78 is 6.06. The predicted octanol–water partition coefficient (Wildman–Crippen LogP) is 2.72. The Balaban J connectivity index is 1.91. The van der Waals surface area contributed by atoms with E-state index in [0.29, 0.717) is 6.04 Å². The number of nitrogens with one attached hydrogen (secondary N) is 1. The zero-order chi connectivity index (χ0) is 10.7. The van der Waals surface area contributed by atoms with Crippen LogP contribution < -0.4 is 5.32 Å². The Kier molecular flexibility index (Phi) is 3.68. The molecular weight excluding hydrogens is 186 g/mol. The molecule has 2 fully saturated rings. The molecule has 88 valence electrons. The van der Waals surface area contributed by atoms with Gasteiger partial charge in [-0.2, -0.15) is 0 Å². The fraction of sp³-hybridized carbons (Fsp3) is 1.00. The fourth-order valence-electron chi connectivity index (χ4n) is 3.35. The van der Waals surface area contributed by atoms with E-state index in [-0.39, 0.29) is 5.60 Å². The summed E-state index contributed by atoms with van der Waals surface area (Å²) in [5.41, 5.74) is 0.284. The van der Waals surface area contributed by atoms with Gasteiger partial charge < -0.3 is 10.1 Å². The van der Waals surface area contributed by atoms with Crippen LogP contribution in [0, 0.1) is 5.92 Å². The molecule has 1 saturated carbocycles. The Labute approximate surface area is 93.8 Å². The van der Waals surface area contributed by atoms with Crippen molar-refractivity contribution in [1.82, 2.24) is 5.32 Å². The average molecular weight is 211 g/mol. The molecule has 1 aliphatic carbocycles. The van der Waals surface area contributed by atoms with Gasteiger partial charge in [-0.05, 0) is 45.1 Å². The molecule has 0 aromatic heterocycles. The second-order valence-electron chi connectivity index (χ2n) is 5.34. The molecule has 2 nitrogen and oxygen atoms in total. The molecule has 0 radical (unpaired) electrons. The molecule has 1 saturated heterocycles. The highest BCUT2D eigenvalue weighted by Gasteiger charge is 2.40. The molecule has 1 N–H and O–H groups in total. The third-order valence-corrected chi connectivity index (χ3v) is 4.28. The van der Waals surface area contributed by atoms with Gasteiger partial charge in [0.05, 0.1) is 5.60 Å². The van der Waals surface area contributed by atoms with Crippen LogP contribution in [0.5, 0.6) is 0 Å². The molecule has 15 heavy (non-hydrogen) atoms. The SMILES string of the molecule is CCNC(C)C1CCOC2(CCCC2)C1. The van der Waals surface area contributed by atoms with E-state index in [2.05, 4.69) is 19.2 Å². The Bertz CT molecular complexity index is 199. The van der Waals surface area contributed by atoms with Gasteiger partial charge in [-0.1, -0.05) is 19.8 Å². The number of hydrogen-bond acceptors (Lipinski definition) is 2. The normalized spacial score (nSPS) is 32.0. The largest absolute Gasteiger partial charge is 0.375 e. The van der Waals surface area contributed by atoms with E-state index in [1.54, 1.807) is 0 Å². The van der Waals surface area contributed by atoms with Crippen molar-refractivity contribution < 1.29 is 4.74 Å². The van der Waals surface area contributed by atoms with Gasteiger partial charge in [0.25, 0.3) is 0 Å². The lowest BCUT2D eigenvalue weighted by atomic mass is 9.81. The molecule has 0 aromatic carbocycles. The van der Waals surface area contributed by atoms with Crippen LogP contribution in [0.25, 0.3) is 0 Å². The zero-order valence-electron chi connectivity index (χ0n) is 10.2. The number of rotatable bonds is 3. The first-order valence-corrected chi connectivity index (χ1v) is 6.63. The van der Waals surface area contributed by atoms with Crippen LogP contribution in [-0.2, 0) is 4.74 Å². The Morgan fingerprint density at radius 1 is 1.40 bits per heavy atom. The molecule has 0 bridgehead atoms. The van der Waals surface area contributed by atoms with Crippen LogP contribution in [-0.4, -0.2) is 24.8 Å². The molecular formula is C13H25NO. The quantitative estimate of drug-likeness (QED) is 0.775. The second-order valence-corrected chi connectivity index (χ2v) is 5.34. The van der Waals surface area contributed by atoms with Crippen molar-refractivity contribution >= 4 is 0 Å². The van der Waals surface area contributed by atoms with E-state index in [9.17, 15) is 0 Å². The van der Waals surface area contributed by atoms with Gasteiger partial charge in [0.15, 0.2) is 0 Å². The van der Waals surface area contributed by atoms with Crippen LogP contribution in [0.4, 0.5) is 0 Å². The van der Waals surface area contributed by atoms with Crippen LogP contribution in [0.1, 0.15) is 52.4 Å². The molecule has 2 unspecified atom stereocenters. The first-order chi connectivity index (χ1) is 7.26. The lowest BCUT2D eigenvalue weighted by molar-refractivity contribution is -0.0969. The highest BCUT2D eigenvalue weighted by Crippen LogP contribution is 2.42. The third kappa shape index (κ3) is 2.54. The molecule has 1 spiro atoms. The molecule has 1 heterocycles. The molecule has 0 aromatic rings. The third-order valence-electron chi connectivity index (χ3n) is 4.28. The van der Waals surface area contributed by atoms with Crippen LogP contribution in [0.3, 0.4) is 0 Å². The van der Waals surface area contributed by atoms with Crippen molar-refractivity contribution in [3.05, 3.63) is 0 Å². The summed E-state index contributed by atoms with van der Waals surface area (Å²) in [4.78, 5) is 0. The maximum atomic E-state index is 6.06. The average Bonchev–Trinajstić information content (AvgIpc) is 2.67. The first kappa shape index (κ1) is 11.4. The molecule has 1 aliphatic heterocycles. The van der Waals surface area contributed by atoms with Crippen molar-refractivity contribution in [2.45, 2.75) is 64.0 Å². The van der Waals surface area contributed by atoms with E-state index in [1.807, 2.05) is 0 Å². The number of ether oxygens (including phenoxy) is 1. The van der Waals surface area contributed by atoms with E-state index >= 15 is 0 Å². The van der Waals surface area contributed by atoms with Crippen LogP contribution in [0.2, 0.25) is 0 Å². The second kappa shape index (κ2) is 4.84. The van der Waals surface area contributed by atoms with Crippen molar-refractivity contribution in [3.8, 4) is 0 Å². The van der Waals surface area contributed by atoms with E-state index in [0.717, 1.165) is 19.1 Å². The molecule has 2 aliphatic rings. The maximum Gasteiger partial charge on any atom is 0.0685 e. The van der Waals surface area contributed by atoms with Crippen molar-refractivity contribution in [3.63, 3.8) is 0 Å². The summed E-state index contributed by atoms with van der Waals surface area (Å²) in [6.07, 6.45) is 7.91. The molecule has 2 rings (SSSR count). The maximum absolute atomic E-state index is 6.06. The van der Waals surface area contributed by atoms with Crippen LogP contribution >= 0.6 is 0 Å². The van der Waals surface area contributed by atoms with Gasteiger partial charge in [-0.3, -0.25) is 0 Å². The molecule has 2 heteroatoms. The summed E-state index contributed by atoms with van der Waals surface area (Å²) in [5, 5.41) is 3.57. The van der Waals surface area contributed by atoms with Gasteiger partial charge in [0, 0.05) is 12.6 Å². The smallest absolute Gasteiger partial charge is 0.0685 e. The van der Waals surface area contributed by atoms with E-state index in [4.69, 9.17) is 4.74 Å². The topological polar surface area (TPSA) is 21.3 Å². The Morgan fingerprint density at radius 2 is 2.13 bits per heavy atom. The van der Waals surface area contributed by atoms with Gasteiger partial charge >= 0.3 is 0 Å². The summed E-state index contributed by atoms with van der Waals surface area (Å²) in [6, 6.07) is 0.663. The van der Waals surface area contributed by atoms with E-state index in [1.165, 1.54) is 38.5 Å². The zero-order valence-corrected chi connectivity index (χ0v) is 10.2. The highest BCUT2D eigenvalue weighted by molar-refractivity contribution is 4.93. The van der Waals surface area contributed by atoms with E-state index < -0.39 is 0 Å². The predicted molar refractivity (Wildman–Crippen MR) is 63.0 cm³/mol. The summed E-state index contributed by atoms with van der Waals surface area (Å²) >= 11 is 0. The summed E-state index contributed by atoms with van der Waals surface area (Å²) in [5.74, 6) is 0.830. The minimum Gasteiger partial charge on any atom is -0.375 e. The fourth-order valence-corrected chi connectivity index (χ4v) is 3.35. The van der Waals surface area contributed by atoms with Crippen molar-refractivity contribution in [2.24, 2.45) is 5.92 Å². The van der Waals surface area contributed by atoms with Crippen LogP contribution in [0.15, 0.2) is 0 Å². The van der Waals surface area contributed by atoms with Gasteiger partial charge in [0.1, 0.15) is 0 Å². The van der Waals surface area contributed by atoms with Crippen molar-refractivity contribution in [1.29, 1.82) is 0 Å². The summed E-state index contributed by atoms with van der Waals surface area (Å²) in [6.45, 7) is 6.61. The lowest BCUT2D eigenvalue weighted by Crippen LogP contribution is -2.44. The Hall–Kier alpha value is -0.0800. The van der Waals surface area contributed by atoms with Gasteiger partial charge in [-0.15, -0.1) is 0 Å². The minimum atomic E-state index is 0.284. The minimum absolute atomic E-state index is 0.284. The lowest BCUT2D eigenvalue weighted by Gasteiger charge is -2.40. The number of hydrogen-bond donors (Lipinski definition) is 1. The monoisotopic (exact) mass is 211 g/mol. The highest BCUT2D eigenvalue weighted by atomic mass is 16.5. The van der Waals surface area contributed by atoms with Gasteiger partial charge in [0.2, 0.25) is 0 Å². The molecule has 2 atom stereocenters. The summed E-state index contributed by atoms with van der Waals surface area (Å²) in [7, 11) is 0. The molecule has 0 amide bonds. The van der Waals surface area contributed by atoms with Crippen molar-refractivity contribution in [2.75, 3.05) is 13.2 Å². The first-order valence-electron chi connectivity index (χ1n) is 6.63. The van der Waals surface area contributed by atoms with Gasteiger partial charge in [-0.25, -0.2) is 0 Å². The Morgan fingerprint density at radius 3 is 2.80 bits per heavy atom. The standard InChI is InChI=1S/C13H25NO/c1-3-14-11(2)12-6-9-15-13(10-12)7-4-5-8-13/h11-12,14H,3-10H2,1-2H3.